The van der Waals surface area contributed by atoms with E-state index < -0.39 is 10.0 Å². The highest BCUT2D eigenvalue weighted by Gasteiger charge is 2.36. The van der Waals surface area contributed by atoms with E-state index in [0.29, 0.717) is 19.5 Å². The summed E-state index contributed by atoms with van der Waals surface area (Å²) in [6, 6.07) is 9.45. The number of nitrogens with zero attached hydrogens (tertiary/aromatic N) is 2. The van der Waals surface area contributed by atoms with Crippen LogP contribution in [0.15, 0.2) is 30.3 Å². The molecule has 0 unspecified atom stereocenters. The fourth-order valence-electron chi connectivity index (χ4n) is 2.76. The maximum Gasteiger partial charge on any atom is 0.248 e. The van der Waals surface area contributed by atoms with E-state index in [9.17, 15) is 13.2 Å². The van der Waals surface area contributed by atoms with Crippen molar-refractivity contribution >= 4 is 28.6 Å². The van der Waals surface area contributed by atoms with Crippen molar-refractivity contribution in [1.82, 2.24) is 9.21 Å². The highest BCUT2D eigenvalue weighted by Crippen LogP contribution is 2.24. The Kier molecular flexibility index (Phi) is 6.68. The molecule has 1 amide bonds. The highest BCUT2D eigenvalue weighted by atomic mass is 32.2. The lowest BCUT2D eigenvalue weighted by Crippen LogP contribution is -2.38. The molecule has 0 N–H and O–H groups in total. The van der Waals surface area contributed by atoms with E-state index in [-0.39, 0.29) is 30.4 Å². The molecular formula is C16H24N2O4S2. The molecule has 1 aromatic carbocycles. The summed E-state index contributed by atoms with van der Waals surface area (Å²) in [5, 5.41) is 0.00443. The Hall–Kier alpha value is -1.09. The van der Waals surface area contributed by atoms with Crippen molar-refractivity contribution in [2.75, 3.05) is 33.1 Å². The fourth-order valence-corrected chi connectivity index (χ4v) is 4.43. The molecule has 0 aliphatic carbocycles. The highest BCUT2D eigenvalue weighted by molar-refractivity contribution is 7.88. The van der Waals surface area contributed by atoms with Crippen molar-refractivity contribution in [2.45, 2.75) is 24.3 Å². The standard InChI is InChI=1S/C16H24N2O4S2/c1-17(9-13-6-4-3-5-7-13)16(19)12-22-11-14-8-15(23)10-18(14)24(2,20)21/h3-7,14-15,23H,8-12H2,1-2H3/t14-,15+/m0/s1. The lowest BCUT2D eigenvalue weighted by molar-refractivity contribution is -0.135. The lowest BCUT2D eigenvalue weighted by Gasteiger charge is -2.22. The molecule has 0 saturated carbocycles. The number of carbonyl (C=O) groups is 1. The first kappa shape index (κ1) is 19.2. The van der Waals surface area contributed by atoms with E-state index in [1.807, 2.05) is 30.3 Å². The number of likely N-dealkylation sites (N-methyl/N-ethyl adjacent to an activating group) is 1. The maximum atomic E-state index is 12.1. The van der Waals surface area contributed by atoms with Crippen LogP contribution in [0, 0.1) is 0 Å². The molecule has 1 fully saturated rings. The first-order chi connectivity index (χ1) is 11.3. The molecule has 1 aliphatic heterocycles. The molecule has 0 spiro atoms. The molecule has 24 heavy (non-hydrogen) atoms. The monoisotopic (exact) mass is 372 g/mol. The average molecular weight is 373 g/mol. The minimum absolute atomic E-state index is 0.00443. The largest absolute Gasteiger partial charge is 0.370 e. The van der Waals surface area contributed by atoms with Gasteiger partial charge in [0.05, 0.1) is 12.9 Å². The molecule has 6 nitrogen and oxygen atoms in total. The lowest BCUT2D eigenvalue weighted by atomic mass is 10.2. The van der Waals surface area contributed by atoms with Crippen molar-refractivity contribution in [3.8, 4) is 0 Å². The summed E-state index contributed by atoms with van der Waals surface area (Å²) >= 11 is 4.36. The summed E-state index contributed by atoms with van der Waals surface area (Å²) in [6.07, 6.45) is 1.81. The van der Waals surface area contributed by atoms with E-state index in [0.717, 1.165) is 5.56 Å². The van der Waals surface area contributed by atoms with E-state index >= 15 is 0 Å². The van der Waals surface area contributed by atoms with Gasteiger partial charge in [-0.15, -0.1) is 0 Å². The molecule has 0 radical (unpaired) electrons. The van der Waals surface area contributed by atoms with Gasteiger partial charge in [-0.25, -0.2) is 8.42 Å². The van der Waals surface area contributed by atoms with Crippen LogP contribution in [0.25, 0.3) is 0 Å². The first-order valence-corrected chi connectivity index (χ1v) is 10.1. The third-order valence-electron chi connectivity index (χ3n) is 3.99. The van der Waals surface area contributed by atoms with Crippen LogP contribution >= 0.6 is 12.6 Å². The molecule has 1 saturated heterocycles. The molecule has 134 valence electrons. The molecule has 1 heterocycles. The van der Waals surface area contributed by atoms with Crippen molar-refractivity contribution < 1.29 is 17.9 Å². The van der Waals surface area contributed by atoms with Crippen LogP contribution in [0.4, 0.5) is 0 Å². The van der Waals surface area contributed by atoms with E-state index in [1.54, 1.807) is 11.9 Å². The summed E-state index contributed by atoms with van der Waals surface area (Å²) in [4.78, 5) is 13.7. The summed E-state index contributed by atoms with van der Waals surface area (Å²) in [5.41, 5.74) is 1.05. The van der Waals surface area contributed by atoms with Crippen molar-refractivity contribution in [3.05, 3.63) is 35.9 Å². The van der Waals surface area contributed by atoms with Gasteiger partial charge in [-0.1, -0.05) is 30.3 Å². The molecule has 0 bridgehead atoms. The third-order valence-corrected chi connectivity index (χ3v) is 5.67. The molecule has 2 atom stereocenters. The van der Waals surface area contributed by atoms with Crippen LogP contribution in [-0.2, 0) is 26.1 Å². The Morgan fingerprint density at radius 2 is 2.04 bits per heavy atom. The van der Waals surface area contributed by atoms with Crippen molar-refractivity contribution in [3.63, 3.8) is 0 Å². The number of hydrogen-bond acceptors (Lipinski definition) is 5. The number of sulfonamides is 1. The van der Waals surface area contributed by atoms with Gasteiger partial charge < -0.3 is 9.64 Å². The van der Waals surface area contributed by atoms with Gasteiger partial charge in [0.25, 0.3) is 0 Å². The summed E-state index contributed by atoms with van der Waals surface area (Å²) < 4.78 is 30.4. The smallest absolute Gasteiger partial charge is 0.248 e. The van der Waals surface area contributed by atoms with Gasteiger partial charge in [0.2, 0.25) is 15.9 Å². The topological polar surface area (TPSA) is 66.9 Å². The van der Waals surface area contributed by atoms with Crippen LogP contribution in [0.3, 0.4) is 0 Å². The Bertz CT molecular complexity index is 651. The van der Waals surface area contributed by atoms with E-state index in [4.69, 9.17) is 4.74 Å². The molecular weight excluding hydrogens is 348 g/mol. The zero-order chi connectivity index (χ0) is 17.7. The predicted molar refractivity (Wildman–Crippen MR) is 96.5 cm³/mol. The maximum absolute atomic E-state index is 12.1. The van der Waals surface area contributed by atoms with Gasteiger partial charge in [-0.2, -0.15) is 16.9 Å². The second kappa shape index (κ2) is 8.33. The predicted octanol–water partition coefficient (Wildman–Crippen LogP) is 0.994. The molecule has 0 aromatic heterocycles. The Labute approximate surface area is 149 Å². The molecule has 1 aliphatic rings. The van der Waals surface area contributed by atoms with Gasteiger partial charge in [0.15, 0.2) is 0 Å². The molecule has 1 aromatic rings. The minimum Gasteiger partial charge on any atom is -0.370 e. The number of hydrogen-bond donors (Lipinski definition) is 1. The van der Waals surface area contributed by atoms with E-state index in [1.165, 1.54) is 10.6 Å². The second-order valence-corrected chi connectivity index (χ2v) is 8.79. The summed E-state index contributed by atoms with van der Waals surface area (Å²) in [6.45, 7) is 1.04. The van der Waals surface area contributed by atoms with E-state index in [2.05, 4.69) is 12.6 Å². The normalized spacial score (nSPS) is 21.8. The average Bonchev–Trinajstić information content (AvgIpc) is 2.89. The number of carbonyl (C=O) groups excluding carboxylic acids is 1. The number of amides is 1. The number of thiol groups is 1. The number of benzene rings is 1. The Morgan fingerprint density at radius 3 is 2.67 bits per heavy atom. The van der Waals surface area contributed by atoms with Gasteiger partial charge in [0, 0.05) is 31.4 Å². The van der Waals surface area contributed by atoms with Crippen LogP contribution in [0.1, 0.15) is 12.0 Å². The van der Waals surface area contributed by atoms with Gasteiger partial charge in [-0.3, -0.25) is 4.79 Å². The van der Waals surface area contributed by atoms with Gasteiger partial charge >= 0.3 is 0 Å². The van der Waals surface area contributed by atoms with Crippen LogP contribution in [0.5, 0.6) is 0 Å². The second-order valence-electron chi connectivity index (χ2n) is 6.13. The summed E-state index contributed by atoms with van der Waals surface area (Å²) in [5.74, 6) is -0.134. The summed E-state index contributed by atoms with van der Waals surface area (Å²) in [7, 11) is -1.56. The van der Waals surface area contributed by atoms with Gasteiger partial charge in [-0.05, 0) is 12.0 Å². The SMILES string of the molecule is CN(Cc1ccccc1)C(=O)COC[C@@H]1C[C@@H](S)CN1S(C)(=O)=O. The molecule has 8 heteroatoms. The minimum atomic E-state index is -3.28. The van der Waals surface area contributed by atoms with Crippen molar-refractivity contribution in [1.29, 1.82) is 0 Å². The number of ether oxygens (including phenoxy) is 1. The third kappa shape index (κ3) is 5.47. The quantitative estimate of drug-likeness (QED) is 0.725. The van der Waals surface area contributed by atoms with Crippen molar-refractivity contribution in [2.24, 2.45) is 0 Å². The molecule has 2 rings (SSSR count). The van der Waals surface area contributed by atoms with Crippen LogP contribution < -0.4 is 0 Å². The Balaban J connectivity index is 1.79. The van der Waals surface area contributed by atoms with Crippen LogP contribution in [-0.4, -0.2) is 67.9 Å². The van der Waals surface area contributed by atoms with Crippen LogP contribution in [0.2, 0.25) is 0 Å². The van der Waals surface area contributed by atoms with Gasteiger partial charge in [0.1, 0.15) is 6.61 Å². The number of rotatable bonds is 7. The first-order valence-electron chi connectivity index (χ1n) is 7.78. The zero-order valence-corrected chi connectivity index (χ0v) is 15.7. The fraction of sp³-hybridized carbons (Fsp3) is 0.562. The Morgan fingerprint density at radius 1 is 1.38 bits per heavy atom. The zero-order valence-electron chi connectivity index (χ0n) is 14.0.